The van der Waals surface area contributed by atoms with Gasteiger partial charge in [0.25, 0.3) is 0 Å². The van der Waals surface area contributed by atoms with Gasteiger partial charge in [0.1, 0.15) is 5.75 Å². The maximum atomic E-state index is 8.63. The summed E-state index contributed by atoms with van der Waals surface area (Å²) in [5, 5.41) is 8.63. The van der Waals surface area contributed by atoms with Crippen LogP contribution in [0.25, 0.3) is 0 Å². The molecule has 0 saturated carbocycles. The van der Waals surface area contributed by atoms with E-state index in [1.807, 2.05) is 6.07 Å². The lowest BCUT2D eigenvalue weighted by Gasteiger charge is -2.28. The molecule has 0 amide bonds. The maximum absolute atomic E-state index is 8.63. The number of para-hydroxylation sites is 1. The summed E-state index contributed by atoms with van der Waals surface area (Å²) in [6.45, 7) is 9.41. The Morgan fingerprint density at radius 2 is 0.625 bits per heavy atom. The molecule has 0 spiro atoms. The van der Waals surface area contributed by atoms with Crippen LogP contribution in [0.3, 0.4) is 0 Å². The second-order valence-corrected chi connectivity index (χ2v) is 17.1. The first-order valence-corrected chi connectivity index (χ1v) is 20.8. The van der Waals surface area contributed by atoms with Crippen molar-refractivity contribution in [1.29, 1.82) is 0 Å². The van der Waals surface area contributed by atoms with Crippen molar-refractivity contribution in [3.05, 3.63) is 30.3 Å². The summed E-state index contributed by atoms with van der Waals surface area (Å²) in [6.07, 6.45) is 42.1. The largest absolute Gasteiger partial charge is 0.508 e. The van der Waals surface area contributed by atoms with Crippen molar-refractivity contribution in [2.75, 3.05) is 24.6 Å². The number of hydrogen-bond acceptors (Lipinski definition) is 1. The third-order valence-electron chi connectivity index (χ3n) is 8.70. The zero-order valence-electron chi connectivity index (χ0n) is 28.1. The van der Waals surface area contributed by atoms with Crippen LogP contribution >= 0.6 is 7.26 Å². The highest BCUT2D eigenvalue weighted by Gasteiger charge is 2.34. The average molecular weight is 578 g/mol. The average Bonchev–Trinajstić information content (AvgIpc) is 2.97. The molecule has 1 rings (SSSR count). The fourth-order valence-electron chi connectivity index (χ4n) is 6.01. The number of unbranched alkanes of at least 4 members (excludes halogenated alkanes) is 20. The molecule has 0 saturated heterocycles. The van der Waals surface area contributed by atoms with E-state index in [9.17, 15) is 0 Å². The van der Waals surface area contributed by atoms with Crippen LogP contribution in [0.4, 0.5) is 0 Å². The first-order valence-electron chi connectivity index (χ1n) is 18.2. The quantitative estimate of drug-likeness (QED) is 0.0775. The third kappa shape index (κ3) is 26.4. The number of rotatable bonds is 28. The topological polar surface area (TPSA) is 20.2 Å². The van der Waals surface area contributed by atoms with Crippen LogP contribution in [-0.4, -0.2) is 29.8 Å². The third-order valence-corrected chi connectivity index (χ3v) is 13.8. The standard InChI is InChI=1S/C32H68P.C6H6O/c1-5-9-13-17-18-19-20-21-22-23-24-28-32-33(29-25-14-10-6-2,30-26-15-11-7-3)31-27-16-12-8-4;7-6-4-2-1-3-5-6/h5-32H2,1-4H3;1-5,7H/q+1;. The molecule has 0 aliphatic heterocycles. The van der Waals surface area contributed by atoms with E-state index in [0.717, 1.165) is 0 Å². The monoisotopic (exact) mass is 578 g/mol. The van der Waals surface area contributed by atoms with E-state index < -0.39 is 7.26 Å². The van der Waals surface area contributed by atoms with Crippen molar-refractivity contribution in [3.8, 4) is 5.75 Å². The lowest BCUT2D eigenvalue weighted by molar-refractivity contribution is 0.475. The van der Waals surface area contributed by atoms with Gasteiger partial charge in [0.2, 0.25) is 0 Å². The van der Waals surface area contributed by atoms with Crippen LogP contribution in [0.2, 0.25) is 0 Å². The van der Waals surface area contributed by atoms with Crippen molar-refractivity contribution in [1.82, 2.24) is 0 Å². The minimum absolute atomic E-state index is 0.322. The van der Waals surface area contributed by atoms with Crippen LogP contribution in [0.15, 0.2) is 30.3 Å². The molecular formula is C38H74OP+. The van der Waals surface area contributed by atoms with E-state index >= 15 is 0 Å². The summed E-state index contributed by atoms with van der Waals surface area (Å²) in [5.74, 6) is 0.322. The predicted molar refractivity (Wildman–Crippen MR) is 188 cm³/mol. The Balaban J connectivity index is 0.00000187. The summed E-state index contributed by atoms with van der Waals surface area (Å²) in [7, 11) is -0.697. The SMILES string of the molecule is CCCCCCCCCCCCCC[P+](CCCCCC)(CCCCCC)CCCCCC.Oc1ccccc1. The minimum atomic E-state index is -0.697. The Kier molecular flexibility index (Phi) is 31.0. The van der Waals surface area contributed by atoms with Crippen molar-refractivity contribution >= 4 is 7.26 Å². The van der Waals surface area contributed by atoms with E-state index in [4.69, 9.17) is 5.11 Å². The summed E-state index contributed by atoms with van der Waals surface area (Å²) in [4.78, 5) is 0. The Hall–Kier alpha value is -0.550. The molecule has 40 heavy (non-hydrogen) atoms. The van der Waals surface area contributed by atoms with Gasteiger partial charge in [-0.3, -0.25) is 0 Å². The van der Waals surface area contributed by atoms with E-state index in [1.165, 1.54) is 128 Å². The number of phenolic OH excluding ortho intramolecular Hbond substituents is 1. The molecule has 0 heterocycles. The second-order valence-electron chi connectivity index (χ2n) is 12.6. The maximum Gasteiger partial charge on any atom is 0.115 e. The Labute approximate surface area is 254 Å². The van der Waals surface area contributed by atoms with Crippen LogP contribution in [0, 0.1) is 0 Å². The van der Waals surface area contributed by atoms with E-state index in [2.05, 4.69) is 27.7 Å². The van der Waals surface area contributed by atoms with Gasteiger partial charge < -0.3 is 5.11 Å². The van der Waals surface area contributed by atoms with Gasteiger partial charge in [0, 0.05) is 7.26 Å². The fourth-order valence-corrected chi connectivity index (χ4v) is 10.9. The van der Waals surface area contributed by atoms with Gasteiger partial charge in [0.15, 0.2) is 0 Å². The molecule has 0 radical (unpaired) electrons. The Bertz CT molecular complexity index is 555. The van der Waals surface area contributed by atoms with Gasteiger partial charge in [0.05, 0.1) is 24.6 Å². The van der Waals surface area contributed by atoms with Crippen molar-refractivity contribution < 1.29 is 5.11 Å². The van der Waals surface area contributed by atoms with E-state index in [-0.39, 0.29) is 0 Å². The molecule has 0 aliphatic carbocycles. The molecule has 236 valence electrons. The molecule has 1 aromatic rings. The van der Waals surface area contributed by atoms with Crippen molar-refractivity contribution in [2.45, 2.75) is 182 Å². The molecule has 0 aromatic heterocycles. The highest BCUT2D eigenvalue weighted by atomic mass is 31.2. The van der Waals surface area contributed by atoms with Crippen molar-refractivity contribution in [2.24, 2.45) is 0 Å². The van der Waals surface area contributed by atoms with E-state index in [0.29, 0.717) is 5.75 Å². The number of hydrogen-bond donors (Lipinski definition) is 1. The van der Waals surface area contributed by atoms with Gasteiger partial charge in [-0.05, 0) is 63.5 Å². The van der Waals surface area contributed by atoms with Gasteiger partial charge in [-0.1, -0.05) is 149 Å². The van der Waals surface area contributed by atoms with Crippen LogP contribution in [0.5, 0.6) is 5.75 Å². The molecule has 0 atom stereocenters. The highest BCUT2D eigenvalue weighted by molar-refractivity contribution is 7.75. The van der Waals surface area contributed by atoms with Gasteiger partial charge in [-0.15, -0.1) is 0 Å². The van der Waals surface area contributed by atoms with Gasteiger partial charge in [-0.25, -0.2) is 0 Å². The summed E-state index contributed by atoms with van der Waals surface area (Å²) in [6, 6.07) is 8.71. The number of phenols is 1. The molecule has 2 heteroatoms. The second kappa shape index (κ2) is 31.4. The zero-order chi connectivity index (χ0) is 29.4. The number of benzene rings is 1. The molecule has 0 aliphatic rings. The van der Waals surface area contributed by atoms with Crippen LogP contribution < -0.4 is 0 Å². The Morgan fingerprint density at radius 3 is 0.875 bits per heavy atom. The van der Waals surface area contributed by atoms with Crippen LogP contribution in [0.1, 0.15) is 182 Å². The molecule has 1 N–H and O–H groups in total. The number of aromatic hydroxyl groups is 1. The van der Waals surface area contributed by atoms with Crippen molar-refractivity contribution in [3.63, 3.8) is 0 Å². The molecule has 1 aromatic carbocycles. The minimum Gasteiger partial charge on any atom is -0.508 e. The zero-order valence-corrected chi connectivity index (χ0v) is 29.0. The van der Waals surface area contributed by atoms with Crippen LogP contribution in [-0.2, 0) is 0 Å². The first kappa shape index (κ1) is 39.5. The van der Waals surface area contributed by atoms with Gasteiger partial charge >= 0.3 is 0 Å². The lowest BCUT2D eigenvalue weighted by atomic mass is 10.1. The highest BCUT2D eigenvalue weighted by Crippen LogP contribution is 2.61. The molecule has 0 bridgehead atoms. The molecule has 0 unspecified atom stereocenters. The molecule has 0 fully saturated rings. The summed E-state index contributed by atoms with van der Waals surface area (Å²) in [5.41, 5.74) is 0. The summed E-state index contributed by atoms with van der Waals surface area (Å²) < 4.78 is 0. The lowest BCUT2D eigenvalue weighted by Crippen LogP contribution is -2.13. The summed E-state index contributed by atoms with van der Waals surface area (Å²) >= 11 is 0. The molecular weight excluding hydrogens is 503 g/mol. The van der Waals surface area contributed by atoms with E-state index in [1.54, 1.807) is 74.6 Å². The predicted octanol–water partition coefficient (Wildman–Crippen LogP) is 13.8. The normalized spacial score (nSPS) is 11.4. The Morgan fingerprint density at radius 1 is 0.375 bits per heavy atom. The fraction of sp³-hybridized carbons (Fsp3) is 0.842. The first-order chi connectivity index (χ1) is 19.6. The molecule has 1 nitrogen and oxygen atoms in total. The smallest absolute Gasteiger partial charge is 0.115 e. The van der Waals surface area contributed by atoms with Gasteiger partial charge in [-0.2, -0.15) is 0 Å².